The van der Waals surface area contributed by atoms with Crippen molar-refractivity contribution in [2.45, 2.75) is 31.9 Å². The van der Waals surface area contributed by atoms with Gasteiger partial charge in [-0.15, -0.1) is 0 Å². The second-order valence-corrected chi connectivity index (χ2v) is 7.03. The van der Waals surface area contributed by atoms with Crippen LogP contribution in [0.25, 0.3) is 0 Å². The largest absolute Gasteiger partial charge is 0.324 e. The molecule has 1 aliphatic rings. The predicted molar refractivity (Wildman–Crippen MR) is 90.9 cm³/mol. The number of carbonyl (C=O) groups is 2. The number of thioether (sulfide) groups is 1. The lowest BCUT2D eigenvalue weighted by molar-refractivity contribution is -0.122. The molecule has 24 heavy (non-hydrogen) atoms. The minimum absolute atomic E-state index is 0.115. The number of amidine groups is 1. The Labute approximate surface area is 143 Å². The summed E-state index contributed by atoms with van der Waals surface area (Å²) in [5.74, 6) is -1.88. The highest BCUT2D eigenvalue weighted by atomic mass is 32.2. The second kappa shape index (κ2) is 8.23. The van der Waals surface area contributed by atoms with Crippen molar-refractivity contribution in [1.82, 2.24) is 5.32 Å². The number of carbonyl (C=O) groups excluding carboxylic acids is 2. The van der Waals surface area contributed by atoms with Crippen LogP contribution < -0.4 is 10.6 Å². The molecule has 0 saturated carbocycles. The van der Waals surface area contributed by atoms with E-state index in [1.54, 1.807) is 0 Å². The Kier molecular flexibility index (Phi) is 6.30. The molecule has 1 saturated heterocycles. The number of nitrogens with zero attached hydrogens (tertiary/aromatic N) is 1. The molecule has 130 valence electrons. The topological polar surface area (TPSA) is 70.6 Å². The highest BCUT2D eigenvalue weighted by Crippen LogP contribution is 2.23. The van der Waals surface area contributed by atoms with Gasteiger partial charge in [-0.2, -0.15) is 0 Å². The summed E-state index contributed by atoms with van der Waals surface area (Å²) in [6.45, 7) is 4.78. The van der Waals surface area contributed by atoms with Crippen molar-refractivity contribution in [2.24, 2.45) is 10.9 Å². The van der Waals surface area contributed by atoms with E-state index < -0.39 is 22.8 Å². The minimum atomic E-state index is -0.859. The highest BCUT2D eigenvalue weighted by molar-refractivity contribution is 8.15. The molecule has 2 rings (SSSR count). The molecule has 2 N–H and O–H groups in total. The van der Waals surface area contributed by atoms with Crippen LogP contribution in [0.2, 0.25) is 0 Å². The number of aliphatic imine (C=N–C) groups is 1. The van der Waals surface area contributed by atoms with Crippen LogP contribution >= 0.6 is 11.8 Å². The summed E-state index contributed by atoms with van der Waals surface area (Å²) >= 11 is 1.19. The Morgan fingerprint density at radius 3 is 2.83 bits per heavy atom. The van der Waals surface area contributed by atoms with E-state index in [1.807, 2.05) is 0 Å². The number of nitrogens with one attached hydrogen (secondary N) is 2. The van der Waals surface area contributed by atoms with Crippen molar-refractivity contribution in [3.8, 4) is 0 Å². The van der Waals surface area contributed by atoms with Crippen LogP contribution in [-0.4, -0.2) is 28.8 Å². The van der Waals surface area contributed by atoms with Gasteiger partial charge in [0.2, 0.25) is 11.8 Å². The smallest absolute Gasteiger partial charge is 0.240 e. The maximum Gasteiger partial charge on any atom is 0.240 e. The summed E-state index contributed by atoms with van der Waals surface area (Å²) in [5, 5.41) is 4.88. The summed E-state index contributed by atoms with van der Waals surface area (Å²) in [7, 11) is 0. The molecule has 5 nitrogen and oxygen atoms in total. The Hall–Kier alpha value is -1.96. The second-order valence-electron chi connectivity index (χ2n) is 5.84. The normalized spacial score (nSPS) is 19.0. The van der Waals surface area contributed by atoms with Gasteiger partial charge in [-0.3, -0.25) is 14.6 Å². The van der Waals surface area contributed by atoms with E-state index in [1.165, 1.54) is 11.8 Å². The number of hydrogen-bond acceptors (Lipinski definition) is 4. The van der Waals surface area contributed by atoms with Crippen molar-refractivity contribution in [3.63, 3.8) is 0 Å². The third kappa shape index (κ3) is 5.30. The quantitative estimate of drug-likeness (QED) is 0.824. The minimum Gasteiger partial charge on any atom is -0.324 e. The van der Waals surface area contributed by atoms with E-state index in [-0.39, 0.29) is 18.0 Å². The van der Waals surface area contributed by atoms with E-state index in [0.717, 1.165) is 18.6 Å². The fourth-order valence-corrected chi connectivity index (χ4v) is 3.00. The van der Waals surface area contributed by atoms with Crippen molar-refractivity contribution in [1.29, 1.82) is 0 Å². The first-order valence-corrected chi connectivity index (χ1v) is 8.50. The van der Waals surface area contributed by atoms with Crippen LogP contribution in [-0.2, 0) is 9.59 Å². The molecule has 0 radical (unpaired) electrons. The fourth-order valence-electron chi connectivity index (χ4n) is 2.00. The first-order chi connectivity index (χ1) is 11.3. The molecule has 1 aliphatic heterocycles. The highest BCUT2D eigenvalue weighted by Gasteiger charge is 2.32. The molecule has 1 aromatic carbocycles. The molecule has 0 aromatic heterocycles. The lowest BCUT2D eigenvalue weighted by Crippen LogP contribution is -2.28. The molecule has 0 spiro atoms. The van der Waals surface area contributed by atoms with Gasteiger partial charge in [-0.25, -0.2) is 8.78 Å². The van der Waals surface area contributed by atoms with Gasteiger partial charge in [0, 0.05) is 19.0 Å². The van der Waals surface area contributed by atoms with E-state index >= 15 is 0 Å². The third-order valence-electron chi connectivity index (χ3n) is 3.31. The van der Waals surface area contributed by atoms with Gasteiger partial charge in [0.1, 0.15) is 16.9 Å². The van der Waals surface area contributed by atoms with E-state index in [4.69, 9.17) is 0 Å². The molecular weight excluding hydrogens is 336 g/mol. The summed E-state index contributed by atoms with van der Waals surface area (Å²) in [5.41, 5.74) is -0.115. The lowest BCUT2D eigenvalue weighted by atomic mass is 10.1. The number of benzene rings is 1. The van der Waals surface area contributed by atoms with Crippen molar-refractivity contribution < 1.29 is 18.4 Å². The van der Waals surface area contributed by atoms with E-state index in [2.05, 4.69) is 29.5 Å². The molecule has 1 atom stereocenters. The maximum atomic E-state index is 13.5. The zero-order chi connectivity index (χ0) is 17.7. The maximum absolute atomic E-state index is 13.5. The summed E-state index contributed by atoms with van der Waals surface area (Å²) in [4.78, 5) is 28.1. The van der Waals surface area contributed by atoms with Crippen LogP contribution in [0.15, 0.2) is 23.2 Å². The molecule has 1 heterocycles. The van der Waals surface area contributed by atoms with Gasteiger partial charge in [-0.05, 0) is 24.5 Å². The summed E-state index contributed by atoms with van der Waals surface area (Å²) in [6.07, 6.45) is 0.797. The number of halogens is 2. The zero-order valence-corrected chi connectivity index (χ0v) is 14.3. The first-order valence-electron chi connectivity index (χ1n) is 7.62. The third-order valence-corrected chi connectivity index (χ3v) is 4.43. The fraction of sp³-hybridized carbons (Fsp3) is 0.438. The predicted octanol–water partition coefficient (Wildman–Crippen LogP) is 2.93. The Morgan fingerprint density at radius 1 is 1.42 bits per heavy atom. The zero-order valence-electron chi connectivity index (χ0n) is 13.4. The number of amides is 2. The molecule has 1 fully saturated rings. The van der Waals surface area contributed by atoms with Gasteiger partial charge in [-0.1, -0.05) is 25.6 Å². The van der Waals surface area contributed by atoms with Crippen LogP contribution in [0, 0.1) is 17.6 Å². The summed E-state index contributed by atoms with van der Waals surface area (Å²) < 4.78 is 26.3. The molecule has 0 aliphatic carbocycles. The average molecular weight is 355 g/mol. The Balaban J connectivity index is 1.88. The molecule has 0 bridgehead atoms. The Morgan fingerprint density at radius 2 is 2.17 bits per heavy atom. The summed E-state index contributed by atoms with van der Waals surface area (Å²) in [6, 6.07) is 2.88. The SMILES string of the molecule is CC(C)CCN=C1NC(=O)[C@@H](CC(=O)Nc2ccc(F)cc2F)S1. The monoisotopic (exact) mass is 355 g/mol. The van der Waals surface area contributed by atoms with Crippen molar-refractivity contribution >= 4 is 34.4 Å². The van der Waals surface area contributed by atoms with Crippen LogP contribution in [0.3, 0.4) is 0 Å². The molecular formula is C16H19F2N3O2S. The average Bonchev–Trinajstić information content (AvgIpc) is 2.81. The standard InChI is InChI=1S/C16H19F2N3O2S/c1-9(2)5-6-19-16-21-15(23)13(24-16)8-14(22)20-12-4-3-10(17)7-11(12)18/h3-4,7,9,13H,5-6,8H2,1-2H3,(H,20,22)(H,19,21,23)/t13-/m1/s1. The molecule has 1 aromatic rings. The van der Waals surface area contributed by atoms with E-state index in [9.17, 15) is 18.4 Å². The van der Waals surface area contributed by atoms with Crippen LogP contribution in [0.1, 0.15) is 26.7 Å². The van der Waals surface area contributed by atoms with Gasteiger partial charge in [0.25, 0.3) is 0 Å². The van der Waals surface area contributed by atoms with Crippen molar-refractivity contribution in [3.05, 3.63) is 29.8 Å². The van der Waals surface area contributed by atoms with Crippen LogP contribution in [0.4, 0.5) is 14.5 Å². The van der Waals surface area contributed by atoms with E-state index in [0.29, 0.717) is 23.7 Å². The van der Waals surface area contributed by atoms with Gasteiger partial charge >= 0.3 is 0 Å². The lowest BCUT2D eigenvalue weighted by Gasteiger charge is -2.08. The number of anilines is 1. The molecule has 2 amide bonds. The van der Waals surface area contributed by atoms with Gasteiger partial charge in [0.05, 0.1) is 5.69 Å². The van der Waals surface area contributed by atoms with Gasteiger partial charge < -0.3 is 10.6 Å². The number of hydrogen-bond donors (Lipinski definition) is 2. The van der Waals surface area contributed by atoms with Gasteiger partial charge in [0.15, 0.2) is 5.17 Å². The molecule has 0 unspecified atom stereocenters. The van der Waals surface area contributed by atoms with Crippen molar-refractivity contribution in [2.75, 3.05) is 11.9 Å². The molecule has 8 heteroatoms. The Bertz CT molecular complexity index is 665. The first kappa shape index (κ1) is 18.4. The number of rotatable bonds is 6. The van der Waals surface area contributed by atoms with Crippen LogP contribution in [0.5, 0.6) is 0 Å².